The van der Waals surface area contributed by atoms with Crippen LogP contribution in [0.15, 0.2) is 0 Å². The van der Waals surface area contributed by atoms with E-state index in [2.05, 4.69) is 33.9 Å². The van der Waals surface area contributed by atoms with Crippen LogP contribution in [0, 0.1) is 0 Å². The molecule has 0 unspecified atom stereocenters. The fraction of sp³-hybridized carbons (Fsp3) is 0.950. The lowest BCUT2D eigenvalue weighted by atomic mass is 10.1. The quantitative estimate of drug-likeness (QED) is 0.184. The molecule has 0 saturated heterocycles. The van der Waals surface area contributed by atoms with Crippen LogP contribution >= 0.6 is 0 Å². The fourth-order valence-electron chi connectivity index (χ4n) is 2.46. The third-order valence-corrected chi connectivity index (χ3v) is 9.77. The molecule has 138 valence electrons. The largest absolute Gasteiger partial charge is 0.417 e. The van der Waals surface area contributed by atoms with Crippen molar-refractivity contribution < 1.29 is 9.22 Å². The first-order chi connectivity index (χ1) is 10.8. The minimum Gasteiger partial charge on any atom is -0.417 e. The predicted octanol–water partition coefficient (Wildman–Crippen LogP) is 6.89. The number of unbranched alkanes of at least 4 members (excludes halogenated alkanes) is 11. The number of hydrogen-bond acceptors (Lipinski definition) is 2. The molecule has 0 aromatic rings. The van der Waals surface area contributed by atoms with Crippen LogP contribution in [-0.4, -0.2) is 21.2 Å². The van der Waals surface area contributed by atoms with Gasteiger partial charge in [-0.2, -0.15) is 0 Å². The summed E-state index contributed by atoms with van der Waals surface area (Å²) in [6.07, 6.45) is 16.2. The maximum absolute atomic E-state index is 10.2. The molecule has 2 nitrogen and oxygen atoms in total. The van der Waals surface area contributed by atoms with Gasteiger partial charge in [-0.1, -0.05) is 78.6 Å². The summed E-state index contributed by atoms with van der Waals surface area (Å²) in [5.41, 5.74) is 0. The molecule has 0 fully saturated rings. The van der Waals surface area contributed by atoms with Gasteiger partial charge in [0, 0.05) is 13.0 Å². The molecule has 0 spiro atoms. The zero-order valence-corrected chi connectivity index (χ0v) is 17.6. The average Bonchev–Trinajstić information content (AvgIpc) is 2.46. The molecule has 0 atom stereocenters. The summed E-state index contributed by atoms with van der Waals surface area (Å²) in [7, 11) is -1.53. The van der Waals surface area contributed by atoms with Crippen LogP contribution in [0.2, 0.25) is 18.1 Å². The van der Waals surface area contributed by atoms with E-state index in [0.29, 0.717) is 5.04 Å². The second-order valence-corrected chi connectivity index (χ2v) is 13.3. The number of carbonyl (C=O) groups is 1. The standard InChI is InChI=1S/C20H42O2Si/c1-20(2,3)23(4,5)22-19-17-15-13-11-9-7-6-8-10-12-14-16-18-21/h18H,6-17,19H2,1-5H3. The second kappa shape index (κ2) is 13.2. The predicted molar refractivity (Wildman–Crippen MR) is 105 cm³/mol. The minimum atomic E-state index is -1.53. The summed E-state index contributed by atoms with van der Waals surface area (Å²) in [6, 6.07) is 0. The van der Waals surface area contributed by atoms with E-state index in [0.717, 1.165) is 25.7 Å². The smallest absolute Gasteiger partial charge is 0.191 e. The Morgan fingerprint density at radius 1 is 0.739 bits per heavy atom. The Bertz CT molecular complexity index is 282. The van der Waals surface area contributed by atoms with Crippen molar-refractivity contribution in [3.8, 4) is 0 Å². The second-order valence-electron chi connectivity index (χ2n) is 8.45. The molecule has 0 aromatic heterocycles. The summed E-state index contributed by atoms with van der Waals surface area (Å²) in [5, 5.41) is 0.334. The SMILES string of the molecule is CC(C)(C)[Si](C)(C)OCCCCCCCCCCCCCC=O. The molecule has 23 heavy (non-hydrogen) atoms. The van der Waals surface area contributed by atoms with Gasteiger partial charge in [-0.25, -0.2) is 0 Å². The van der Waals surface area contributed by atoms with E-state index in [9.17, 15) is 4.79 Å². The summed E-state index contributed by atoms with van der Waals surface area (Å²) >= 11 is 0. The Hall–Kier alpha value is -0.153. The zero-order chi connectivity index (χ0) is 17.6. The molecule has 0 rings (SSSR count). The van der Waals surface area contributed by atoms with Crippen molar-refractivity contribution in [3.63, 3.8) is 0 Å². The van der Waals surface area contributed by atoms with Crippen LogP contribution in [0.1, 0.15) is 97.8 Å². The highest BCUT2D eigenvalue weighted by Crippen LogP contribution is 2.36. The van der Waals surface area contributed by atoms with Crippen molar-refractivity contribution in [3.05, 3.63) is 0 Å². The highest BCUT2D eigenvalue weighted by molar-refractivity contribution is 6.74. The molecule has 0 saturated carbocycles. The van der Waals surface area contributed by atoms with E-state index in [1.54, 1.807) is 0 Å². The van der Waals surface area contributed by atoms with Crippen molar-refractivity contribution in [2.45, 2.75) is 116 Å². The number of aldehydes is 1. The summed E-state index contributed by atoms with van der Waals surface area (Å²) < 4.78 is 6.21. The molecule has 0 aliphatic heterocycles. The number of rotatable bonds is 15. The molecule has 0 radical (unpaired) electrons. The van der Waals surface area contributed by atoms with Gasteiger partial charge in [0.15, 0.2) is 8.32 Å². The molecule has 0 heterocycles. The molecular weight excluding hydrogens is 300 g/mol. The molecular formula is C20H42O2Si. The monoisotopic (exact) mass is 342 g/mol. The van der Waals surface area contributed by atoms with Crippen molar-refractivity contribution in [2.75, 3.05) is 6.61 Å². The van der Waals surface area contributed by atoms with Gasteiger partial charge in [0.05, 0.1) is 0 Å². The molecule has 0 aliphatic carbocycles. The Morgan fingerprint density at radius 3 is 1.52 bits per heavy atom. The first-order valence-corrected chi connectivity index (χ1v) is 12.8. The molecule has 0 bridgehead atoms. The molecule has 0 aliphatic rings. The van der Waals surface area contributed by atoms with Crippen molar-refractivity contribution >= 4 is 14.6 Å². The first-order valence-electron chi connectivity index (χ1n) is 9.89. The van der Waals surface area contributed by atoms with Crippen LogP contribution in [-0.2, 0) is 9.22 Å². The van der Waals surface area contributed by atoms with Crippen LogP contribution < -0.4 is 0 Å². The highest BCUT2D eigenvalue weighted by Gasteiger charge is 2.36. The lowest BCUT2D eigenvalue weighted by Crippen LogP contribution is -2.40. The Balaban J connectivity index is 3.27. The van der Waals surface area contributed by atoms with Crippen molar-refractivity contribution in [1.29, 1.82) is 0 Å². The fourth-order valence-corrected chi connectivity index (χ4v) is 3.55. The maximum atomic E-state index is 10.2. The van der Waals surface area contributed by atoms with Crippen molar-refractivity contribution in [1.82, 2.24) is 0 Å². The van der Waals surface area contributed by atoms with Gasteiger partial charge in [0.25, 0.3) is 0 Å². The van der Waals surface area contributed by atoms with Gasteiger partial charge in [-0.15, -0.1) is 0 Å². The van der Waals surface area contributed by atoms with E-state index >= 15 is 0 Å². The van der Waals surface area contributed by atoms with Gasteiger partial charge in [-0.3, -0.25) is 0 Å². The Labute approximate surface area is 146 Å². The van der Waals surface area contributed by atoms with E-state index in [1.165, 1.54) is 64.2 Å². The minimum absolute atomic E-state index is 0.334. The molecule has 0 amide bonds. The zero-order valence-electron chi connectivity index (χ0n) is 16.6. The molecule has 0 N–H and O–H groups in total. The van der Waals surface area contributed by atoms with Gasteiger partial charge in [0.2, 0.25) is 0 Å². The Kier molecular flexibility index (Phi) is 13.1. The van der Waals surface area contributed by atoms with Crippen LogP contribution in [0.5, 0.6) is 0 Å². The van der Waals surface area contributed by atoms with E-state index < -0.39 is 8.32 Å². The molecule has 3 heteroatoms. The van der Waals surface area contributed by atoms with Crippen LogP contribution in [0.4, 0.5) is 0 Å². The van der Waals surface area contributed by atoms with Crippen LogP contribution in [0.25, 0.3) is 0 Å². The number of hydrogen-bond donors (Lipinski definition) is 0. The van der Waals surface area contributed by atoms with E-state index in [-0.39, 0.29) is 0 Å². The third-order valence-electron chi connectivity index (χ3n) is 5.24. The van der Waals surface area contributed by atoms with E-state index in [1.807, 2.05) is 0 Å². The van der Waals surface area contributed by atoms with E-state index in [4.69, 9.17) is 4.43 Å². The third kappa shape index (κ3) is 12.9. The van der Waals surface area contributed by atoms with Crippen LogP contribution in [0.3, 0.4) is 0 Å². The summed E-state index contributed by atoms with van der Waals surface area (Å²) in [4.78, 5) is 10.2. The summed E-state index contributed by atoms with van der Waals surface area (Å²) in [6.45, 7) is 12.6. The van der Waals surface area contributed by atoms with Gasteiger partial charge >= 0.3 is 0 Å². The topological polar surface area (TPSA) is 26.3 Å². The normalized spacial score (nSPS) is 12.6. The lowest BCUT2D eigenvalue weighted by Gasteiger charge is -2.36. The lowest BCUT2D eigenvalue weighted by molar-refractivity contribution is -0.107. The molecule has 0 aromatic carbocycles. The van der Waals surface area contributed by atoms with Gasteiger partial charge in [0.1, 0.15) is 6.29 Å². The maximum Gasteiger partial charge on any atom is 0.191 e. The number of carbonyl (C=O) groups excluding carboxylic acids is 1. The average molecular weight is 343 g/mol. The van der Waals surface area contributed by atoms with Gasteiger partial charge < -0.3 is 9.22 Å². The van der Waals surface area contributed by atoms with Gasteiger partial charge in [-0.05, 0) is 31.0 Å². The summed E-state index contributed by atoms with van der Waals surface area (Å²) in [5.74, 6) is 0. The highest BCUT2D eigenvalue weighted by atomic mass is 28.4. The van der Waals surface area contributed by atoms with Crippen molar-refractivity contribution in [2.24, 2.45) is 0 Å². The Morgan fingerprint density at radius 2 is 1.13 bits per heavy atom. The first kappa shape index (κ1) is 22.8.